The number of rotatable bonds is 17. The first-order valence-corrected chi connectivity index (χ1v) is 17.1. The van der Waals surface area contributed by atoms with E-state index in [2.05, 4.69) is 65.4 Å². The van der Waals surface area contributed by atoms with Gasteiger partial charge >= 0.3 is 0 Å². The Kier molecular flexibility index (Phi) is 13.4. The highest BCUT2D eigenvalue weighted by Crippen LogP contribution is 2.35. The minimum atomic E-state index is -0.494. The zero-order valence-electron chi connectivity index (χ0n) is 28.3. The van der Waals surface area contributed by atoms with Gasteiger partial charge in [-0.2, -0.15) is 5.26 Å². The Bertz CT molecular complexity index is 1730. The van der Waals surface area contributed by atoms with Gasteiger partial charge in [0.25, 0.3) is 0 Å². The molecular weight excluding hydrogens is 640 g/mol. The molecule has 9 nitrogen and oxygen atoms in total. The smallest absolute Gasteiger partial charge is 0.142 e. The van der Waals surface area contributed by atoms with Crippen LogP contribution in [0.5, 0.6) is 11.5 Å². The van der Waals surface area contributed by atoms with Gasteiger partial charge < -0.3 is 34.6 Å². The Morgan fingerprint density at radius 1 is 0.878 bits per heavy atom. The summed E-state index contributed by atoms with van der Waals surface area (Å²) in [7, 11) is 0. The average molecular weight is 685 g/mol. The van der Waals surface area contributed by atoms with Crippen molar-refractivity contribution in [1.29, 1.82) is 5.26 Å². The third-order valence-electron chi connectivity index (χ3n) is 9.03. The second-order valence-corrected chi connectivity index (χ2v) is 12.8. The first-order valence-electron chi connectivity index (χ1n) is 16.7. The molecule has 0 radical (unpaired) electrons. The molecule has 3 aromatic carbocycles. The fourth-order valence-electron chi connectivity index (χ4n) is 5.99. The number of halogens is 1. The highest BCUT2D eigenvalue weighted by molar-refractivity contribution is 6.32. The maximum Gasteiger partial charge on any atom is 0.142 e. The van der Waals surface area contributed by atoms with E-state index in [1.165, 1.54) is 48.8 Å². The van der Waals surface area contributed by atoms with E-state index in [4.69, 9.17) is 25.8 Å². The van der Waals surface area contributed by atoms with Crippen molar-refractivity contribution >= 4 is 11.6 Å². The van der Waals surface area contributed by atoms with E-state index in [1.807, 2.05) is 6.07 Å². The normalized spacial score (nSPS) is 13.2. The van der Waals surface area contributed by atoms with Gasteiger partial charge in [0.2, 0.25) is 0 Å². The van der Waals surface area contributed by atoms with Crippen LogP contribution in [0.1, 0.15) is 51.8 Å². The Morgan fingerprint density at radius 3 is 2.22 bits per heavy atom. The lowest BCUT2D eigenvalue weighted by molar-refractivity contribution is 0.0990. The number of likely N-dealkylation sites (tertiary alicyclic amines) is 1. The van der Waals surface area contributed by atoms with Crippen LogP contribution in [0.25, 0.3) is 11.1 Å². The van der Waals surface area contributed by atoms with Gasteiger partial charge in [-0.05, 0) is 85.3 Å². The first kappa shape index (κ1) is 36.3. The molecular formula is C39H45ClN4O5. The number of benzene rings is 3. The van der Waals surface area contributed by atoms with E-state index in [0.29, 0.717) is 41.8 Å². The number of pyridine rings is 1. The van der Waals surface area contributed by atoms with Crippen LogP contribution in [-0.2, 0) is 31.1 Å². The molecule has 5 rings (SSSR count). The number of nitrogens with one attached hydrogen (secondary N) is 1. The molecule has 1 aliphatic rings. The van der Waals surface area contributed by atoms with Crippen LogP contribution < -0.4 is 14.8 Å². The highest BCUT2D eigenvalue weighted by Gasteiger charge is 2.16. The lowest BCUT2D eigenvalue weighted by atomic mass is 9.92. The fraction of sp³-hybridized carbons (Fsp3) is 0.385. The van der Waals surface area contributed by atoms with Gasteiger partial charge in [-0.1, -0.05) is 48.0 Å². The summed E-state index contributed by atoms with van der Waals surface area (Å²) in [5.74, 6) is 0.976. The van der Waals surface area contributed by atoms with Crippen molar-refractivity contribution in [3.05, 3.63) is 111 Å². The topological polar surface area (TPSA) is 120 Å². The molecule has 49 heavy (non-hydrogen) atoms. The van der Waals surface area contributed by atoms with Crippen LogP contribution in [0.4, 0.5) is 0 Å². The number of hydrogen-bond acceptors (Lipinski definition) is 9. The zero-order valence-corrected chi connectivity index (χ0v) is 29.0. The number of aliphatic hydroxyl groups excluding tert-OH is 2. The molecule has 1 saturated heterocycles. The van der Waals surface area contributed by atoms with Gasteiger partial charge in [0.1, 0.15) is 30.8 Å². The molecule has 0 aliphatic carbocycles. The Labute approximate surface area is 294 Å². The summed E-state index contributed by atoms with van der Waals surface area (Å²) in [5, 5.41) is 31.8. The lowest BCUT2D eigenvalue weighted by Crippen LogP contribution is -2.35. The molecule has 1 fully saturated rings. The van der Waals surface area contributed by atoms with Crippen LogP contribution in [-0.4, -0.2) is 65.6 Å². The predicted octanol–water partition coefficient (Wildman–Crippen LogP) is 6.10. The molecule has 258 valence electrons. The maximum absolute atomic E-state index is 9.53. The van der Waals surface area contributed by atoms with Crippen LogP contribution in [0, 0.1) is 25.2 Å². The van der Waals surface area contributed by atoms with Crippen molar-refractivity contribution in [3.8, 4) is 28.7 Å². The van der Waals surface area contributed by atoms with E-state index in [1.54, 1.807) is 24.4 Å². The molecule has 1 aliphatic heterocycles. The van der Waals surface area contributed by atoms with Crippen molar-refractivity contribution in [1.82, 2.24) is 15.2 Å². The van der Waals surface area contributed by atoms with Crippen LogP contribution >= 0.6 is 11.6 Å². The summed E-state index contributed by atoms with van der Waals surface area (Å²) in [6, 6.07) is 19.5. The van der Waals surface area contributed by atoms with Gasteiger partial charge in [0, 0.05) is 42.7 Å². The van der Waals surface area contributed by atoms with E-state index in [9.17, 15) is 15.5 Å². The SMILES string of the molecule is Cc1c(COCCN2CCCC2)cccc1-c1cccc(COc2cc(OCc3cncc(C#N)c3)c(CNC(CO)CO)cc2Cl)c1C. The summed E-state index contributed by atoms with van der Waals surface area (Å²) in [4.78, 5) is 6.59. The lowest BCUT2D eigenvalue weighted by Gasteiger charge is -2.19. The maximum atomic E-state index is 9.53. The van der Waals surface area contributed by atoms with E-state index in [0.717, 1.165) is 41.0 Å². The van der Waals surface area contributed by atoms with Crippen molar-refractivity contribution in [2.75, 3.05) is 39.5 Å². The second kappa shape index (κ2) is 18.1. The molecule has 0 bridgehead atoms. The van der Waals surface area contributed by atoms with E-state index in [-0.39, 0.29) is 19.8 Å². The third kappa shape index (κ3) is 9.79. The van der Waals surface area contributed by atoms with Crippen molar-refractivity contribution < 1.29 is 24.4 Å². The third-order valence-corrected chi connectivity index (χ3v) is 9.32. The fourth-order valence-corrected chi connectivity index (χ4v) is 6.23. The highest BCUT2D eigenvalue weighted by atomic mass is 35.5. The summed E-state index contributed by atoms with van der Waals surface area (Å²) in [6.07, 6.45) is 5.72. The minimum absolute atomic E-state index is 0.170. The Hall–Kier alpha value is -4.01. The van der Waals surface area contributed by atoms with Crippen molar-refractivity contribution in [2.45, 2.75) is 59.1 Å². The molecule has 3 N–H and O–H groups in total. The van der Waals surface area contributed by atoms with Gasteiger partial charge in [0.05, 0.1) is 43.1 Å². The molecule has 0 saturated carbocycles. The minimum Gasteiger partial charge on any atom is -0.488 e. The van der Waals surface area contributed by atoms with Gasteiger partial charge in [-0.3, -0.25) is 4.98 Å². The Balaban J connectivity index is 1.31. The zero-order chi connectivity index (χ0) is 34.6. The molecule has 0 amide bonds. The van der Waals surface area contributed by atoms with Crippen molar-refractivity contribution in [3.63, 3.8) is 0 Å². The monoisotopic (exact) mass is 684 g/mol. The number of ether oxygens (including phenoxy) is 3. The number of aromatic nitrogens is 1. The predicted molar refractivity (Wildman–Crippen MR) is 191 cm³/mol. The molecule has 10 heteroatoms. The van der Waals surface area contributed by atoms with Gasteiger partial charge in [0.15, 0.2) is 0 Å². The van der Waals surface area contributed by atoms with Crippen LogP contribution in [0.2, 0.25) is 5.02 Å². The molecule has 1 aromatic heterocycles. The summed E-state index contributed by atoms with van der Waals surface area (Å²) < 4.78 is 18.6. The number of aliphatic hydroxyl groups is 2. The van der Waals surface area contributed by atoms with Gasteiger partial charge in [-0.15, -0.1) is 0 Å². The summed E-state index contributed by atoms with van der Waals surface area (Å²) >= 11 is 6.73. The standard InChI is InChI=1S/C39H45ClN4O5/c1-27-31(25-47-14-13-44-11-3-4-12-44)7-5-9-35(27)36-10-6-8-32(28(36)2)26-49-39-17-38(48-24-30-15-29(18-41)19-42-20-30)33(16-37(39)40)21-43-34(22-45)23-46/h5-10,15-17,19-20,34,43,45-46H,3-4,11-14,21-26H2,1-2H3. The summed E-state index contributed by atoms with van der Waals surface area (Å²) in [6.45, 7) is 9.24. The Morgan fingerprint density at radius 2 is 1.55 bits per heavy atom. The quantitative estimate of drug-likeness (QED) is 0.113. The number of nitriles is 1. The van der Waals surface area contributed by atoms with Crippen LogP contribution in [0.15, 0.2) is 67.0 Å². The number of nitrogens with zero attached hydrogens (tertiary/aromatic N) is 3. The van der Waals surface area contributed by atoms with Crippen molar-refractivity contribution in [2.24, 2.45) is 0 Å². The molecule has 0 spiro atoms. The van der Waals surface area contributed by atoms with Gasteiger partial charge in [-0.25, -0.2) is 0 Å². The van der Waals surface area contributed by atoms with E-state index >= 15 is 0 Å². The molecule has 4 aromatic rings. The van der Waals surface area contributed by atoms with E-state index < -0.39 is 6.04 Å². The number of hydrogen-bond donors (Lipinski definition) is 3. The molecule has 0 atom stereocenters. The second-order valence-electron chi connectivity index (χ2n) is 12.4. The van der Waals surface area contributed by atoms with Crippen LogP contribution in [0.3, 0.4) is 0 Å². The molecule has 0 unspecified atom stereocenters. The summed E-state index contributed by atoms with van der Waals surface area (Å²) in [5.41, 5.74) is 8.76. The molecule has 2 heterocycles. The first-order chi connectivity index (χ1) is 23.9. The largest absolute Gasteiger partial charge is 0.488 e. The average Bonchev–Trinajstić information content (AvgIpc) is 3.65.